The Morgan fingerprint density at radius 3 is 2.78 bits per heavy atom. The zero-order valence-electron chi connectivity index (χ0n) is 10.9. The molecule has 0 spiro atoms. The minimum absolute atomic E-state index is 0.146. The van der Waals surface area contributed by atoms with E-state index in [9.17, 15) is 9.50 Å². The molecule has 1 atom stereocenters. The molecular weight excluding hydrogens is 249 g/mol. The molecule has 0 aliphatic carbocycles. The lowest BCUT2D eigenvalue weighted by atomic mass is 10.0. The lowest BCUT2D eigenvalue weighted by molar-refractivity contribution is 0.461. The van der Waals surface area contributed by atoms with Crippen molar-refractivity contribution >= 4 is 11.8 Å². The van der Waals surface area contributed by atoms with Gasteiger partial charge in [0.05, 0.1) is 6.67 Å². The van der Waals surface area contributed by atoms with Crippen molar-refractivity contribution in [1.82, 2.24) is 0 Å². The predicted octanol–water partition coefficient (Wildman–Crippen LogP) is 3.51. The summed E-state index contributed by atoms with van der Waals surface area (Å²) < 4.78 is 11.9. The van der Waals surface area contributed by atoms with Crippen molar-refractivity contribution in [3.05, 3.63) is 23.8 Å². The maximum Gasteiger partial charge on any atom is 0.129 e. The van der Waals surface area contributed by atoms with E-state index in [4.69, 9.17) is 5.73 Å². The van der Waals surface area contributed by atoms with Gasteiger partial charge in [-0.1, -0.05) is 13.0 Å². The Balaban J connectivity index is 2.51. The van der Waals surface area contributed by atoms with E-state index >= 15 is 0 Å². The molecule has 0 fully saturated rings. The Morgan fingerprint density at radius 1 is 1.39 bits per heavy atom. The molecule has 0 radical (unpaired) electrons. The zero-order chi connectivity index (χ0) is 13.4. The lowest BCUT2D eigenvalue weighted by Crippen LogP contribution is -2.21. The number of phenols is 1. The predicted molar refractivity (Wildman–Crippen MR) is 76.0 cm³/mol. The summed E-state index contributed by atoms with van der Waals surface area (Å²) in [7, 11) is 0. The fraction of sp³-hybridized carbons (Fsp3) is 0.571. The van der Waals surface area contributed by atoms with Gasteiger partial charge in [-0.15, -0.1) is 11.8 Å². The van der Waals surface area contributed by atoms with Gasteiger partial charge in [-0.2, -0.15) is 0 Å². The third-order valence-corrected chi connectivity index (χ3v) is 3.98. The first-order chi connectivity index (χ1) is 8.67. The molecule has 3 N–H and O–H groups in total. The maximum absolute atomic E-state index is 11.9. The number of rotatable bonds is 8. The van der Waals surface area contributed by atoms with Gasteiger partial charge in [0, 0.05) is 10.9 Å². The molecule has 0 aliphatic rings. The molecule has 0 aliphatic heterocycles. The highest BCUT2D eigenvalue weighted by atomic mass is 32.2. The van der Waals surface area contributed by atoms with Crippen molar-refractivity contribution in [3.8, 4) is 5.75 Å². The van der Waals surface area contributed by atoms with Crippen LogP contribution in [0.25, 0.3) is 0 Å². The zero-order valence-corrected chi connectivity index (χ0v) is 11.7. The summed E-state index contributed by atoms with van der Waals surface area (Å²) in [6.45, 7) is 1.79. The molecule has 4 heteroatoms. The van der Waals surface area contributed by atoms with Crippen LogP contribution >= 0.6 is 11.8 Å². The van der Waals surface area contributed by atoms with E-state index in [0.29, 0.717) is 12.2 Å². The number of phenolic OH excluding ortho intramolecular Hbond substituents is 1. The van der Waals surface area contributed by atoms with Crippen molar-refractivity contribution in [2.45, 2.75) is 43.5 Å². The molecule has 0 bridgehead atoms. The van der Waals surface area contributed by atoms with E-state index in [0.717, 1.165) is 35.5 Å². The van der Waals surface area contributed by atoms with E-state index in [-0.39, 0.29) is 12.7 Å². The summed E-state index contributed by atoms with van der Waals surface area (Å²) in [6, 6.07) is 5.86. The average Bonchev–Trinajstić information content (AvgIpc) is 2.36. The number of thioether (sulfide) groups is 1. The summed E-state index contributed by atoms with van der Waals surface area (Å²) in [5.41, 5.74) is 6.95. The number of alkyl halides is 1. The van der Waals surface area contributed by atoms with Gasteiger partial charge < -0.3 is 10.8 Å². The number of aromatic hydroxyl groups is 1. The van der Waals surface area contributed by atoms with Gasteiger partial charge in [0.2, 0.25) is 0 Å². The molecule has 0 heterocycles. The van der Waals surface area contributed by atoms with Crippen molar-refractivity contribution < 1.29 is 9.50 Å². The lowest BCUT2D eigenvalue weighted by Gasteiger charge is -2.10. The second-order valence-electron chi connectivity index (χ2n) is 4.42. The minimum atomic E-state index is -0.264. The molecular formula is C14H22FNOS. The van der Waals surface area contributed by atoms with Crippen molar-refractivity contribution in [2.75, 3.05) is 12.4 Å². The van der Waals surface area contributed by atoms with Gasteiger partial charge in [0.25, 0.3) is 0 Å². The van der Waals surface area contributed by atoms with E-state index in [1.165, 1.54) is 0 Å². The van der Waals surface area contributed by atoms with E-state index in [1.54, 1.807) is 17.8 Å². The summed E-state index contributed by atoms with van der Waals surface area (Å²) in [5.74, 6) is 1.15. The maximum atomic E-state index is 11.9. The number of halogens is 1. The fourth-order valence-corrected chi connectivity index (χ4v) is 2.58. The van der Waals surface area contributed by atoms with Crippen LogP contribution < -0.4 is 5.73 Å². The second-order valence-corrected chi connectivity index (χ2v) is 5.56. The summed E-state index contributed by atoms with van der Waals surface area (Å²) in [4.78, 5) is 0.864. The van der Waals surface area contributed by atoms with Crippen molar-refractivity contribution in [2.24, 2.45) is 5.73 Å². The van der Waals surface area contributed by atoms with Crippen molar-refractivity contribution in [3.63, 3.8) is 0 Å². The minimum Gasteiger partial charge on any atom is -0.507 e. The van der Waals surface area contributed by atoms with E-state index in [2.05, 4.69) is 6.92 Å². The average molecular weight is 271 g/mol. The Hall–Kier alpha value is -0.740. The van der Waals surface area contributed by atoms with Crippen LogP contribution in [-0.2, 0) is 6.42 Å². The quantitative estimate of drug-likeness (QED) is 0.562. The van der Waals surface area contributed by atoms with Crippen molar-refractivity contribution in [1.29, 1.82) is 0 Å². The molecule has 2 nitrogen and oxygen atoms in total. The van der Waals surface area contributed by atoms with Gasteiger partial charge in [-0.05, 0) is 49.1 Å². The molecule has 18 heavy (non-hydrogen) atoms. The number of nitrogens with two attached hydrogens (primary N) is 1. The Labute approximate surface area is 113 Å². The number of hydrogen-bond donors (Lipinski definition) is 2. The van der Waals surface area contributed by atoms with E-state index in [1.807, 2.05) is 12.1 Å². The second kappa shape index (κ2) is 8.38. The molecule has 0 aromatic heterocycles. The molecule has 1 aromatic carbocycles. The van der Waals surface area contributed by atoms with Gasteiger partial charge in [-0.3, -0.25) is 4.39 Å². The third kappa shape index (κ3) is 5.27. The van der Waals surface area contributed by atoms with Crippen LogP contribution in [0.3, 0.4) is 0 Å². The van der Waals surface area contributed by atoms with Gasteiger partial charge in [0.1, 0.15) is 5.75 Å². The molecule has 102 valence electrons. The Kier molecular flexibility index (Phi) is 7.13. The van der Waals surface area contributed by atoms with E-state index < -0.39 is 0 Å². The largest absolute Gasteiger partial charge is 0.507 e. The van der Waals surface area contributed by atoms with Crippen LogP contribution in [-0.4, -0.2) is 23.6 Å². The SMILES string of the molecule is CCC(N)Cc1ccc(SCCCCF)c(O)c1. The topological polar surface area (TPSA) is 46.2 Å². The summed E-state index contributed by atoms with van der Waals surface area (Å²) in [5, 5.41) is 9.90. The monoisotopic (exact) mass is 271 g/mol. The summed E-state index contributed by atoms with van der Waals surface area (Å²) >= 11 is 1.57. The van der Waals surface area contributed by atoms with Crippen LogP contribution in [0, 0.1) is 0 Å². The van der Waals surface area contributed by atoms with Gasteiger partial charge >= 0.3 is 0 Å². The molecule has 1 unspecified atom stereocenters. The van der Waals surface area contributed by atoms with Crippen LogP contribution in [0.15, 0.2) is 23.1 Å². The van der Waals surface area contributed by atoms with Gasteiger partial charge in [0.15, 0.2) is 0 Å². The Morgan fingerprint density at radius 2 is 2.17 bits per heavy atom. The molecule has 0 saturated heterocycles. The standard InChI is InChI=1S/C14H22FNOS/c1-2-12(16)9-11-5-6-14(13(17)10-11)18-8-4-3-7-15/h5-6,10,12,17H,2-4,7-9,16H2,1H3. The normalized spacial score (nSPS) is 12.6. The van der Waals surface area contributed by atoms with Crippen LogP contribution in [0.5, 0.6) is 5.75 Å². The van der Waals surface area contributed by atoms with Crippen LogP contribution in [0.1, 0.15) is 31.7 Å². The number of hydrogen-bond acceptors (Lipinski definition) is 3. The first-order valence-corrected chi connectivity index (χ1v) is 7.42. The molecule has 0 saturated carbocycles. The number of benzene rings is 1. The first kappa shape index (κ1) is 15.3. The van der Waals surface area contributed by atoms with Crippen LogP contribution in [0.4, 0.5) is 4.39 Å². The number of unbranched alkanes of at least 4 members (excludes halogenated alkanes) is 1. The smallest absolute Gasteiger partial charge is 0.129 e. The molecule has 1 rings (SSSR count). The Bertz CT molecular complexity index is 360. The highest BCUT2D eigenvalue weighted by Crippen LogP contribution is 2.30. The summed E-state index contributed by atoms with van der Waals surface area (Å²) in [6.07, 6.45) is 3.15. The fourth-order valence-electron chi connectivity index (χ4n) is 1.64. The first-order valence-electron chi connectivity index (χ1n) is 6.43. The van der Waals surface area contributed by atoms with Gasteiger partial charge in [-0.25, -0.2) is 0 Å². The molecule has 1 aromatic rings. The highest BCUT2D eigenvalue weighted by molar-refractivity contribution is 7.99. The molecule has 0 amide bonds. The third-order valence-electron chi connectivity index (χ3n) is 2.83. The highest BCUT2D eigenvalue weighted by Gasteiger charge is 2.06. The van der Waals surface area contributed by atoms with Crippen LogP contribution in [0.2, 0.25) is 0 Å².